The molecule has 0 aliphatic rings. The number of benzene rings is 1. The minimum Gasteiger partial charge on any atom is -0.325 e. The van der Waals surface area contributed by atoms with E-state index in [0.29, 0.717) is 17.6 Å². The highest BCUT2D eigenvalue weighted by Gasteiger charge is 2.09. The zero-order chi connectivity index (χ0) is 11.8. The average molecular weight is 251 g/mol. The van der Waals surface area contributed by atoms with E-state index in [0.717, 1.165) is 10.9 Å². The van der Waals surface area contributed by atoms with Crippen molar-refractivity contribution in [2.24, 2.45) is 0 Å². The standard InChI is InChI=1S/C11H7F2N3S/c12-8-1-10-11(2-9(8)13)16(5-15-10)4-7-3-14-6-17-7/h1-3,5-6H,4H2. The molecule has 3 rings (SSSR count). The SMILES string of the molecule is Fc1cc2ncn(Cc3cncs3)c2cc1F. The van der Waals surface area contributed by atoms with Crippen LogP contribution in [0.15, 0.2) is 30.2 Å². The third-order valence-corrected chi connectivity index (χ3v) is 3.24. The maximum absolute atomic E-state index is 13.2. The molecule has 2 aromatic heterocycles. The summed E-state index contributed by atoms with van der Waals surface area (Å²) in [6.45, 7) is 0.562. The molecule has 3 nitrogen and oxygen atoms in total. The normalized spacial score (nSPS) is 11.2. The van der Waals surface area contributed by atoms with Gasteiger partial charge in [-0.1, -0.05) is 0 Å². The van der Waals surface area contributed by atoms with E-state index in [2.05, 4.69) is 9.97 Å². The van der Waals surface area contributed by atoms with E-state index < -0.39 is 11.6 Å². The Kier molecular flexibility index (Phi) is 2.36. The second-order valence-electron chi connectivity index (χ2n) is 3.60. The average Bonchev–Trinajstić information content (AvgIpc) is 2.92. The Morgan fingerprint density at radius 1 is 1.24 bits per heavy atom. The van der Waals surface area contributed by atoms with E-state index >= 15 is 0 Å². The van der Waals surface area contributed by atoms with Crippen molar-refractivity contribution in [2.45, 2.75) is 6.54 Å². The van der Waals surface area contributed by atoms with Gasteiger partial charge in [-0.2, -0.15) is 0 Å². The lowest BCUT2D eigenvalue weighted by molar-refractivity contribution is 0.510. The number of fused-ring (bicyclic) bond motifs is 1. The van der Waals surface area contributed by atoms with Crippen LogP contribution in [0.3, 0.4) is 0 Å². The van der Waals surface area contributed by atoms with Crippen molar-refractivity contribution >= 4 is 22.4 Å². The fourth-order valence-corrected chi connectivity index (χ4v) is 2.26. The van der Waals surface area contributed by atoms with Crippen LogP contribution in [-0.4, -0.2) is 14.5 Å². The molecule has 0 aliphatic carbocycles. The topological polar surface area (TPSA) is 30.7 Å². The second-order valence-corrected chi connectivity index (χ2v) is 4.57. The molecule has 6 heteroatoms. The van der Waals surface area contributed by atoms with Crippen molar-refractivity contribution in [1.29, 1.82) is 0 Å². The lowest BCUT2D eigenvalue weighted by Crippen LogP contribution is -1.96. The fourth-order valence-electron chi connectivity index (χ4n) is 1.67. The highest BCUT2D eigenvalue weighted by Crippen LogP contribution is 2.19. The van der Waals surface area contributed by atoms with E-state index in [1.165, 1.54) is 17.4 Å². The summed E-state index contributed by atoms with van der Waals surface area (Å²) in [4.78, 5) is 9.04. The van der Waals surface area contributed by atoms with Gasteiger partial charge in [0.15, 0.2) is 11.6 Å². The van der Waals surface area contributed by atoms with Crippen LogP contribution in [0.25, 0.3) is 11.0 Å². The van der Waals surface area contributed by atoms with Crippen molar-refractivity contribution in [2.75, 3.05) is 0 Å². The molecule has 0 atom stereocenters. The van der Waals surface area contributed by atoms with Crippen molar-refractivity contribution in [3.05, 3.63) is 46.7 Å². The molecule has 0 unspecified atom stereocenters. The van der Waals surface area contributed by atoms with E-state index in [-0.39, 0.29) is 0 Å². The lowest BCUT2D eigenvalue weighted by Gasteiger charge is -2.01. The number of imidazole rings is 1. The minimum atomic E-state index is -0.874. The Balaban J connectivity index is 2.08. The van der Waals surface area contributed by atoms with Crippen molar-refractivity contribution in [1.82, 2.24) is 14.5 Å². The molecule has 0 spiro atoms. The molecular weight excluding hydrogens is 244 g/mol. The molecule has 0 bridgehead atoms. The molecule has 0 radical (unpaired) electrons. The molecule has 0 saturated heterocycles. The summed E-state index contributed by atoms with van der Waals surface area (Å²) in [5.41, 5.74) is 2.76. The summed E-state index contributed by atoms with van der Waals surface area (Å²) < 4.78 is 27.9. The minimum absolute atomic E-state index is 0.452. The number of thiazole rings is 1. The maximum Gasteiger partial charge on any atom is 0.161 e. The molecule has 1 aromatic carbocycles. The molecule has 86 valence electrons. The monoisotopic (exact) mass is 251 g/mol. The molecule has 0 N–H and O–H groups in total. The summed E-state index contributed by atoms with van der Waals surface area (Å²) >= 11 is 1.51. The largest absolute Gasteiger partial charge is 0.325 e. The van der Waals surface area contributed by atoms with E-state index in [9.17, 15) is 8.78 Å². The molecule has 17 heavy (non-hydrogen) atoms. The van der Waals surface area contributed by atoms with Gasteiger partial charge in [0.2, 0.25) is 0 Å². The molecule has 0 aliphatic heterocycles. The number of halogens is 2. The number of hydrogen-bond donors (Lipinski definition) is 0. The Morgan fingerprint density at radius 3 is 2.82 bits per heavy atom. The van der Waals surface area contributed by atoms with Gasteiger partial charge in [-0.25, -0.2) is 13.8 Å². The number of aromatic nitrogens is 3. The summed E-state index contributed by atoms with van der Waals surface area (Å²) in [6.07, 6.45) is 3.32. The zero-order valence-electron chi connectivity index (χ0n) is 8.60. The Bertz CT molecular complexity index is 661. The van der Waals surface area contributed by atoms with Crippen LogP contribution in [0.4, 0.5) is 8.78 Å². The Morgan fingerprint density at radius 2 is 2.06 bits per heavy atom. The van der Waals surface area contributed by atoms with Gasteiger partial charge >= 0.3 is 0 Å². The van der Waals surface area contributed by atoms with E-state index in [1.54, 1.807) is 22.6 Å². The van der Waals surface area contributed by atoms with E-state index in [4.69, 9.17) is 0 Å². The van der Waals surface area contributed by atoms with Crippen LogP contribution < -0.4 is 0 Å². The van der Waals surface area contributed by atoms with Gasteiger partial charge in [-0.15, -0.1) is 11.3 Å². The predicted octanol–water partition coefficient (Wildman–Crippen LogP) is 2.82. The van der Waals surface area contributed by atoms with Crippen LogP contribution in [0.1, 0.15) is 4.88 Å². The van der Waals surface area contributed by atoms with Crippen molar-refractivity contribution in [3.63, 3.8) is 0 Å². The van der Waals surface area contributed by atoms with Gasteiger partial charge in [0.05, 0.1) is 29.4 Å². The lowest BCUT2D eigenvalue weighted by atomic mass is 10.3. The van der Waals surface area contributed by atoms with Gasteiger partial charge in [0.25, 0.3) is 0 Å². The first-order valence-electron chi connectivity index (χ1n) is 4.91. The van der Waals surface area contributed by atoms with Crippen molar-refractivity contribution in [3.8, 4) is 0 Å². The van der Waals surface area contributed by atoms with Gasteiger partial charge in [-0.3, -0.25) is 4.98 Å². The quantitative estimate of drug-likeness (QED) is 0.701. The van der Waals surface area contributed by atoms with Gasteiger partial charge in [0.1, 0.15) is 0 Å². The highest BCUT2D eigenvalue weighted by atomic mass is 32.1. The first-order chi connectivity index (χ1) is 8.24. The number of nitrogens with zero attached hydrogens (tertiary/aromatic N) is 3. The third kappa shape index (κ3) is 1.80. The highest BCUT2D eigenvalue weighted by molar-refractivity contribution is 7.09. The molecule has 0 amide bonds. The smallest absolute Gasteiger partial charge is 0.161 e. The van der Waals surface area contributed by atoms with E-state index in [1.807, 2.05) is 0 Å². The van der Waals surface area contributed by atoms with Gasteiger partial charge in [0, 0.05) is 23.2 Å². The second kappa shape index (κ2) is 3.89. The first-order valence-corrected chi connectivity index (χ1v) is 5.79. The Labute approximate surface area is 99.4 Å². The van der Waals surface area contributed by atoms with Crippen LogP contribution in [0.2, 0.25) is 0 Å². The summed E-state index contributed by atoms with van der Waals surface area (Å²) in [7, 11) is 0. The summed E-state index contributed by atoms with van der Waals surface area (Å²) in [5, 5.41) is 0. The Hall–Kier alpha value is -1.82. The van der Waals surface area contributed by atoms with Crippen molar-refractivity contribution < 1.29 is 8.78 Å². The summed E-state index contributed by atoms with van der Waals surface area (Å²) in [6, 6.07) is 2.27. The third-order valence-electron chi connectivity index (χ3n) is 2.47. The molecule has 0 saturated carbocycles. The summed E-state index contributed by atoms with van der Waals surface area (Å²) in [5.74, 6) is -1.73. The van der Waals surface area contributed by atoms with Crippen LogP contribution >= 0.6 is 11.3 Å². The molecular formula is C11H7F2N3S. The van der Waals surface area contributed by atoms with Crippen LogP contribution in [-0.2, 0) is 6.54 Å². The fraction of sp³-hybridized carbons (Fsp3) is 0.0909. The molecule has 2 heterocycles. The van der Waals surface area contributed by atoms with Crippen LogP contribution in [0.5, 0.6) is 0 Å². The van der Waals surface area contributed by atoms with Gasteiger partial charge in [-0.05, 0) is 0 Å². The van der Waals surface area contributed by atoms with Gasteiger partial charge < -0.3 is 4.57 Å². The maximum atomic E-state index is 13.2. The molecule has 0 fully saturated rings. The van der Waals surface area contributed by atoms with Crippen LogP contribution in [0, 0.1) is 11.6 Å². The predicted molar refractivity (Wildman–Crippen MR) is 60.9 cm³/mol. The zero-order valence-corrected chi connectivity index (χ0v) is 9.42. The first kappa shape index (κ1) is 10.3. The molecule has 3 aromatic rings. The number of rotatable bonds is 2. The number of hydrogen-bond acceptors (Lipinski definition) is 3.